The molecule has 2 rings (SSSR count). The summed E-state index contributed by atoms with van der Waals surface area (Å²) in [5.41, 5.74) is 1.38. The molecule has 2 aromatic carbocycles. The molecule has 0 saturated carbocycles. The fraction of sp³-hybridized carbons (Fsp3) is 0.211. The summed E-state index contributed by atoms with van der Waals surface area (Å²) >= 11 is 0. The molecule has 0 saturated heterocycles. The van der Waals surface area contributed by atoms with Gasteiger partial charge < -0.3 is 18.9 Å². The lowest BCUT2D eigenvalue weighted by Crippen LogP contribution is -2.18. The van der Waals surface area contributed by atoms with Crippen LogP contribution in [0.5, 0.6) is 11.5 Å². The molecular formula is C19H17NO6. The molecule has 0 aliphatic carbocycles. The Morgan fingerprint density at radius 1 is 0.962 bits per heavy atom. The number of esters is 2. The molecule has 0 amide bonds. The second-order valence-electron chi connectivity index (χ2n) is 5.19. The average Bonchev–Trinajstić information content (AvgIpc) is 2.64. The minimum Gasteiger partial charge on any atom is -0.460 e. The molecule has 2 aromatic rings. The molecule has 0 aliphatic heterocycles. The van der Waals surface area contributed by atoms with E-state index < -0.39 is 11.9 Å². The van der Waals surface area contributed by atoms with E-state index in [2.05, 4.69) is 4.74 Å². The highest BCUT2D eigenvalue weighted by Gasteiger charge is 2.08. The van der Waals surface area contributed by atoms with E-state index in [1.807, 2.05) is 19.1 Å². The smallest absolute Gasteiger partial charge is 0.338 e. The summed E-state index contributed by atoms with van der Waals surface area (Å²) in [4.78, 5) is 23.4. The first kappa shape index (κ1) is 19.0. The molecule has 0 N–H and O–H groups in total. The van der Waals surface area contributed by atoms with E-state index in [1.54, 1.807) is 12.1 Å². The number of ether oxygens (including phenoxy) is 4. The number of hydrogen-bond acceptors (Lipinski definition) is 7. The van der Waals surface area contributed by atoms with Gasteiger partial charge in [0.2, 0.25) is 0 Å². The molecule has 0 aliphatic rings. The van der Waals surface area contributed by atoms with E-state index in [4.69, 9.17) is 19.5 Å². The number of nitrogens with zero attached hydrogens (tertiary/aromatic N) is 1. The summed E-state index contributed by atoms with van der Waals surface area (Å²) in [5, 5.41) is 8.39. The van der Waals surface area contributed by atoms with Crippen molar-refractivity contribution in [1.29, 1.82) is 5.26 Å². The molecular weight excluding hydrogens is 338 g/mol. The molecule has 0 aromatic heterocycles. The Morgan fingerprint density at radius 3 is 2.27 bits per heavy atom. The van der Waals surface area contributed by atoms with Crippen molar-refractivity contribution in [3.63, 3.8) is 0 Å². The van der Waals surface area contributed by atoms with Crippen LogP contribution in [0, 0.1) is 18.4 Å². The molecule has 0 bridgehead atoms. The van der Waals surface area contributed by atoms with Gasteiger partial charge in [0.05, 0.1) is 12.2 Å². The first-order valence-corrected chi connectivity index (χ1v) is 7.76. The minimum absolute atomic E-state index is 0.00685. The van der Waals surface area contributed by atoms with Crippen LogP contribution in [0.25, 0.3) is 0 Å². The van der Waals surface area contributed by atoms with Gasteiger partial charge in [0.15, 0.2) is 0 Å². The number of carbonyl (C=O) groups excluding carboxylic acids is 2. The molecule has 0 spiro atoms. The maximum Gasteiger partial charge on any atom is 0.338 e. The monoisotopic (exact) mass is 355 g/mol. The molecule has 0 unspecified atom stereocenters. The maximum absolute atomic E-state index is 11.8. The van der Waals surface area contributed by atoms with Crippen LogP contribution < -0.4 is 9.47 Å². The van der Waals surface area contributed by atoms with Gasteiger partial charge in [-0.3, -0.25) is 0 Å². The number of carbonyl (C=O) groups is 2. The number of hydrogen-bond donors (Lipinski definition) is 0. The third-order valence-electron chi connectivity index (χ3n) is 3.19. The molecule has 0 fully saturated rings. The van der Waals surface area contributed by atoms with E-state index in [-0.39, 0.29) is 19.8 Å². The van der Waals surface area contributed by atoms with Crippen molar-refractivity contribution in [2.75, 3.05) is 19.8 Å². The van der Waals surface area contributed by atoms with Crippen LogP contribution in [-0.4, -0.2) is 31.8 Å². The molecule has 7 heteroatoms. The lowest BCUT2D eigenvalue weighted by Gasteiger charge is -2.07. The maximum atomic E-state index is 11.8. The number of aryl methyl sites for hydroxylation is 1. The average molecular weight is 355 g/mol. The third kappa shape index (κ3) is 6.26. The molecule has 0 radical (unpaired) electrons. The van der Waals surface area contributed by atoms with Gasteiger partial charge in [-0.2, -0.15) is 0 Å². The van der Waals surface area contributed by atoms with Crippen molar-refractivity contribution >= 4 is 11.9 Å². The summed E-state index contributed by atoms with van der Waals surface area (Å²) in [7, 11) is 0. The van der Waals surface area contributed by atoms with Crippen molar-refractivity contribution in [2.45, 2.75) is 6.92 Å². The summed E-state index contributed by atoms with van der Waals surface area (Å²) < 4.78 is 19.8. The van der Waals surface area contributed by atoms with Crippen LogP contribution in [0.2, 0.25) is 0 Å². The van der Waals surface area contributed by atoms with Gasteiger partial charge in [0.25, 0.3) is 6.26 Å². The zero-order valence-corrected chi connectivity index (χ0v) is 14.1. The fourth-order valence-electron chi connectivity index (χ4n) is 1.91. The van der Waals surface area contributed by atoms with Crippen LogP contribution >= 0.6 is 0 Å². The Labute approximate surface area is 150 Å². The van der Waals surface area contributed by atoms with Crippen molar-refractivity contribution in [3.05, 3.63) is 59.7 Å². The van der Waals surface area contributed by atoms with Gasteiger partial charge in [-0.1, -0.05) is 17.7 Å². The Hall–Kier alpha value is -3.37. The van der Waals surface area contributed by atoms with Gasteiger partial charge in [0.1, 0.15) is 24.7 Å². The second-order valence-corrected chi connectivity index (χ2v) is 5.19. The fourth-order valence-corrected chi connectivity index (χ4v) is 1.91. The highest BCUT2D eigenvalue weighted by Crippen LogP contribution is 2.13. The van der Waals surface area contributed by atoms with Crippen molar-refractivity contribution in [1.82, 2.24) is 0 Å². The Bertz CT molecular complexity index is 777. The Morgan fingerprint density at radius 2 is 1.62 bits per heavy atom. The van der Waals surface area contributed by atoms with Gasteiger partial charge in [-0.15, -0.1) is 5.26 Å². The van der Waals surface area contributed by atoms with Crippen LogP contribution in [0.15, 0.2) is 48.5 Å². The van der Waals surface area contributed by atoms with Crippen molar-refractivity contribution in [3.8, 4) is 17.8 Å². The Kier molecular flexibility index (Phi) is 7.16. The molecule has 0 atom stereocenters. The largest absolute Gasteiger partial charge is 0.460 e. The summed E-state index contributed by atoms with van der Waals surface area (Å²) in [6.45, 7) is 1.74. The van der Waals surface area contributed by atoms with E-state index in [1.165, 1.54) is 30.5 Å². The van der Waals surface area contributed by atoms with Crippen LogP contribution in [0.3, 0.4) is 0 Å². The highest BCUT2D eigenvalue weighted by molar-refractivity contribution is 5.89. The minimum atomic E-state index is -0.542. The van der Waals surface area contributed by atoms with Gasteiger partial charge >= 0.3 is 11.9 Å². The number of nitriles is 1. The molecule has 26 heavy (non-hydrogen) atoms. The van der Waals surface area contributed by atoms with E-state index in [0.29, 0.717) is 17.1 Å². The predicted octanol–water partition coefficient (Wildman–Crippen LogP) is 2.63. The predicted molar refractivity (Wildman–Crippen MR) is 90.6 cm³/mol. The lowest BCUT2D eigenvalue weighted by molar-refractivity contribution is -0.139. The van der Waals surface area contributed by atoms with E-state index in [9.17, 15) is 9.59 Å². The van der Waals surface area contributed by atoms with Crippen molar-refractivity contribution < 1.29 is 28.5 Å². The van der Waals surface area contributed by atoms with Crippen LogP contribution in [-0.2, 0) is 14.3 Å². The Balaban J connectivity index is 1.63. The van der Waals surface area contributed by atoms with Crippen LogP contribution in [0.4, 0.5) is 0 Å². The van der Waals surface area contributed by atoms with Gasteiger partial charge in [-0.05, 0) is 43.3 Å². The topological polar surface area (TPSA) is 94.8 Å². The van der Waals surface area contributed by atoms with E-state index >= 15 is 0 Å². The highest BCUT2D eigenvalue weighted by atomic mass is 16.6. The SMILES string of the molecule is Cc1ccc(OC(=O)COCCOC(=O)c2ccc(OC#N)cc2)cc1. The van der Waals surface area contributed by atoms with Gasteiger partial charge in [0, 0.05) is 0 Å². The zero-order valence-electron chi connectivity index (χ0n) is 14.1. The van der Waals surface area contributed by atoms with E-state index in [0.717, 1.165) is 5.56 Å². The second kappa shape index (κ2) is 9.81. The normalized spacial score (nSPS) is 9.85. The molecule has 7 nitrogen and oxygen atoms in total. The third-order valence-corrected chi connectivity index (χ3v) is 3.19. The van der Waals surface area contributed by atoms with Crippen LogP contribution in [0.1, 0.15) is 15.9 Å². The zero-order chi connectivity index (χ0) is 18.8. The summed E-state index contributed by atoms with van der Waals surface area (Å²) in [5.74, 6) is -0.300. The lowest BCUT2D eigenvalue weighted by atomic mass is 10.2. The number of rotatable bonds is 8. The van der Waals surface area contributed by atoms with Crippen molar-refractivity contribution in [2.24, 2.45) is 0 Å². The standard InChI is InChI=1S/C19H17NO6/c1-14-2-6-17(7-3-14)26-18(21)12-23-10-11-24-19(22)15-4-8-16(9-5-15)25-13-20/h2-9H,10-12H2,1H3. The number of benzene rings is 2. The molecule has 0 heterocycles. The first-order valence-electron chi connectivity index (χ1n) is 7.76. The first-order chi connectivity index (χ1) is 12.6. The van der Waals surface area contributed by atoms with Gasteiger partial charge in [-0.25, -0.2) is 9.59 Å². The molecule has 134 valence electrons. The summed E-state index contributed by atoms with van der Waals surface area (Å²) in [6.07, 6.45) is 1.54. The summed E-state index contributed by atoms with van der Waals surface area (Å²) in [6, 6.07) is 13.0. The quantitative estimate of drug-likeness (QED) is 0.311.